The molecule has 144 valence electrons. The van der Waals surface area contributed by atoms with Crippen molar-refractivity contribution in [2.45, 2.75) is 51.7 Å². The summed E-state index contributed by atoms with van der Waals surface area (Å²) in [5.41, 5.74) is 1.22. The SMILES string of the molecule is CCOC(=O)C(CC)N1CCCC1C(=O)NCCNCc1ccccc1. The number of carbonyl (C=O) groups excluding carboxylic acids is 2. The van der Waals surface area contributed by atoms with Gasteiger partial charge in [0.15, 0.2) is 0 Å². The topological polar surface area (TPSA) is 70.7 Å². The number of esters is 1. The minimum absolute atomic E-state index is 0.00626. The van der Waals surface area contributed by atoms with Gasteiger partial charge in [-0.1, -0.05) is 37.3 Å². The van der Waals surface area contributed by atoms with Gasteiger partial charge in [-0.3, -0.25) is 14.5 Å². The van der Waals surface area contributed by atoms with Crippen LogP contribution in [0.25, 0.3) is 0 Å². The van der Waals surface area contributed by atoms with E-state index in [-0.39, 0.29) is 24.0 Å². The first-order chi connectivity index (χ1) is 12.7. The molecule has 1 aromatic rings. The van der Waals surface area contributed by atoms with E-state index in [9.17, 15) is 9.59 Å². The summed E-state index contributed by atoms with van der Waals surface area (Å²) < 4.78 is 5.17. The number of likely N-dealkylation sites (tertiary alicyclic amines) is 1. The summed E-state index contributed by atoms with van der Waals surface area (Å²) in [5, 5.41) is 6.32. The van der Waals surface area contributed by atoms with E-state index in [1.165, 1.54) is 5.56 Å². The average Bonchev–Trinajstić information content (AvgIpc) is 3.12. The van der Waals surface area contributed by atoms with E-state index >= 15 is 0 Å². The first kappa shape index (κ1) is 20.4. The predicted octanol–water partition coefficient (Wildman–Crippen LogP) is 1.70. The Labute approximate surface area is 156 Å². The molecule has 2 N–H and O–H groups in total. The summed E-state index contributed by atoms with van der Waals surface area (Å²) >= 11 is 0. The van der Waals surface area contributed by atoms with Crippen LogP contribution in [0, 0.1) is 0 Å². The van der Waals surface area contributed by atoms with Crippen molar-refractivity contribution in [3.8, 4) is 0 Å². The highest BCUT2D eigenvalue weighted by atomic mass is 16.5. The molecule has 0 aromatic heterocycles. The fraction of sp³-hybridized carbons (Fsp3) is 0.600. The third kappa shape index (κ3) is 5.81. The molecule has 2 rings (SSSR count). The van der Waals surface area contributed by atoms with Gasteiger partial charge < -0.3 is 15.4 Å². The van der Waals surface area contributed by atoms with Crippen molar-refractivity contribution in [1.82, 2.24) is 15.5 Å². The van der Waals surface area contributed by atoms with E-state index in [1.807, 2.05) is 30.0 Å². The van der Waals surface area contributed by atoms with Gasteiger partial charge in [-0.2, -0.15) is 0 Å². The molecule has 0 saturated carbocycles. The quantitative estimate of drug-likeness (QED) is 0.490. The zero-order valence-corrected chi connectivity index (χ0v) is 15.9. The molecule has 2 atom stereocenters. The number of nitrogens with one attached hydrogen (secondary N) is 2. The molecule has 1 aromatic carbocycles. The molecule has 0 radical (unpaired) electrons. The Morgan fingerprint density at radius 2 is 2.00 bits per heavy atom. The standard InChI is InChI=1S/C20H31N3O3/c1-3-17(20(25)26-4-2)23-14-8-11-18(23)19(24)22-13-12-21-15-16-9-6-5-7-10-16/h5-7,9-10,17-18,21H,3-4,8,11-15H2,1-2H3,(H,22,24). The summed E-state index contributed by atoms with van der Waals surface area (Å²) in [6.45, 7) is 6.97. The van der Waals surface area contributed by atoms with Gasteiger partial charge in [-0.05, 0) is 38.3 Å². The van der Waals surface area contributed by atoms with Gasteiger partial charge in [-0.25, -0.2) is 0 Å². The Bertz CT molecular complexity index is 565. The van der Waals surface area contributed by atoms with Crippen molar-refractivity contribution in [3.63, 3.8) is 0 Å². The minimum atomic E-state index is -0.329. The summed E-state index contributed by atoms with van der Waals surface area (Å²) in [4.78, 5) is 26.7. The normalized spacial score (nSPS) is 18.5. The van der Waals surface area contributed by atoms with E-state index in [4.69, 9.17) is 4.74 Å². The second-order valence-electron chi connectivity index (χ2n) is 6.53. The number of hydrogen-bond acceptors (Lipinski definition) is 5. The van der Waals surface area contributed by atoms with Crippen LogP contribution in [0.5, 0.6) is 0 Å². The number of hydrogen-bond donors (Lipinski definition) is 2. The minimum Gasteiger partial charge on any atom is -0.465 e. The maximum atomic E-state index is 12.6. The molecule has 1 fully saturated rings. The van der Waals surface area contributed by atoms with Gasteiger partial charge in [0.2, 0.25) is 5.91 Å². The van der Waals surface area contributed by atoms with E-state index in [0.29, 0.717) is 26.1 Å². The van der Waals surface area contributed by atoms with Crippen LogP contribution in [-0.4, -0.2) is 55.1 Å². The molecule has 0 spiro atoms. The Kier molecular flexibility index (Phi) is 8.58. The Morgan fingerprint density at radius 3 is 2.69 bits per heavy atom. The highest BCUT2D eigenvalue weighted by molar-refractivity contribution is 5.83. The zero-order chi connectivity index (χ0) is 18.8. The molecule has 1 saturated heterocycles. The van der Waals surface area contributed by atoms with Gasteiger partial charge in [-0.15, -0.1) is 0 Å². The Hall–Kier alpha value is -1.92. The van der Waals surface area contributed by atoms with Gasteiger partial charge >= 0.3 is 5.97 Å². The lowest BCUT2D eigenvalue weighted by atomic mass is 10.1. The third-order valence-electron chi connectivity index (χ3n) is 4.72. The number of carbonyl (C=O) groups is 2. The fourth-order valence-corrected chi connectivity index (χ4v) is 3.44. The maximum absolute atomic E-state index is 12.6. The molecule has 1 aliphatic heterocycles. The van der Waals surface area contributed by atoms with Crippen LogP contribution in [0.2, 0.25) is 0 Å². The zero-order valence-electron chi connectivity index (χ0n) is 15.9. The van der Waals surface area contributed by atoms with Gasteiger partial charge in [0.05, 0.1) is 12.6 Å². The first-order valence-electron chi connectivity index (χ1n) is 9.62. The van der Waals surface area contributed by atoms with Crippen LogP contribution in [0.1, 0.15) is 38.7 Å². The van der Waals surface area contributed by atoms with Crippen LogP contribution < -0.4 is 10.6 Å². The van der Waals surface area contributed by atoms with E-state index in [0.717, 1.165) is 25.9 Å². The van der Waals surface area contributed by atoms with Crippen molar-refractivity contribution < 1.29 is 14.3 Å². The van der Waals surface area contributed by atoms with E-state index < -0.39 is 0 Å². The highest BCUT2D eigenvalue weighted by Gasteiger charge is 2.38. The van der Waals surface area contributed by atoms with E-state index in [1.54, 1.807) is 6.92 Å². The molecule has 1 amide bonds. The maximum Gasteiger partial charge on any atom is 0.323 e. The van der Waals surface area contributed by atoms with Crippen molar-refractivity contribution in [3.05, 3.63) is 35.9 Å². The lowest BCUT2D eigenvalue weighted by Crippen LogP contribution is -2.51. The van der Waals surface area contributed by atoms with Crippen molar-refractivity contribution >= 4 is 11.9 Å². The largest absolute Gasteiger partial charge is 0.465 e. The van der Waals surface area contributed by atoms with Gasteiger partial charge in [0.1, 0.15) is 6.04 Å². The Morgan fingerprint density at radius 1 is 1.23 bits per heavy atom. The molecule has 6 heteroatoms. The molecule has 1 heterocycles. The third-order valence-corrected chi connectivity index (χ3v) is 4.72. The van der Waals surface area contributed by atoms with E-state index in [2.05, 4.69) is 22.8 Å². The lowest BCUT2D eigenvalue weighted by Gasteiger charge is -2.30. The monoisotopic (exact) mass is 361 g/mol. The van der Waals surface area contributed by atoms with Crippen LogP contribution in [0.15, 0.2) is 30.3 Å². The van der Waals surface area contributed by atoms with Gasteiger partial charge in [0.25, 0.3) is 0 Å². The summed E-state index contributed by atoms with van der Waals surface area (Å²) in [7, 11) is 0. The Balaban J connectivity index is 1.75. The smallest absolute Gasteiger partial charge is 0.323 e. The molecule has 0 aliphatic carbocycles. The number of benzene rings is 1. The number of nitrogens with zero attached hydrogens (tertiary/aromatic N) is 1. The number of rotatable bonds is 10. The molecule has 1 aliphatic rings. The molecular formula is C20H31N3O3. The molecule has 0 bridgehead atoms. The molecule has 26 heavy (non-hydrogen) atoms. The van der Waals surface area contributed by atoms with Crippen molar-refractivity contribution in [1.29, 1.82) is 0 Å². The van der Waals surface area contributed by atoms with Gasteiger partial charge in [0, 0.05) is 19.6 Å². The predicted molar refractivity (Wildman–Crippen MR) is 102 cm³/mol. The first-order valence-corrected chi connectivity index (χ1v) is 9.62. The fourth-order valence-electron chi connectivity index (χ4n) is 3.44. The highest BCUT2D eigenvalue weighted by Crippen LogP contribution is 2.22. The van der Waals surface area contributed by atoms with Crippen LogP contribution in [-0.2, 0) is 20.9 Å². The van der Waals surface area contributed by atoms with Crippen molar-refractivity contribution in [2.24, 2.45) is 0 Å². The summed E-state index contributed by atoms with van der Waals surface area (Å²) in [6, 6.07) is 9.60. The molecular weight excluding hydrogens is 330 g/mol. The summed E-state index contributed by atoms with van der Waals surface area (Å²) in [6.07, 6.45) is 2.38. The van der Waals surface area contributed by atoms with Crippen LogP contribution in [0.3, 0.4) is 0 Å². The number of amides is 1. The lowest BCUT2D eigenvalue weighted by molar-refractivity contribution is -0.150. The average molecular weight is 361 g/mol. The van der Waals surface area contributed by atoms with Crippen LogP contribution >= 0.6 is 0 Å². The molecule has 6 nitrogen and oxygen atoms in total. The molecule has 2 unspecified atom stereocenters. The van der Waals surface area contributed by atoms with Crippen molar-refractivity contribution in [2.75, 3.05) is 26.2 Å². The summed E-state index contributed by atoms with van der Waals surface area (Å²) in [5.74, 6) is -0.217. The number of ether oxygens (including phenoxy) is 1. The second-order valence-corrected chi connectivity index (χ2v) is 6.53. The van der Waals surface area contributed by atoms with Crippen LogP contribution in [0.4, 0.5) is 0 Å². The second kappa shape index (κ2) is 10.9.